The first kappa shape index (κ1) is 9.73. The smallest absolute Gasteiger partial charge is 0.409 e. The summed E-state index contributed by atoms with van der Waals surface area (Å²) in [4.78, 5) is 13.0. The van der Waals surface area contributed by atoms with Crippen molar-refractivity contribution in [3.63, 3.8) is 0 Å². The normalized spacial score (nSPS) is 24.5. The monoisotopic (exact) mass is 201 g/mol. The molecular formula is C9H15NO4. The Morgan fingerprint density at radius 2 is 2.21 bits per heavy atom. The van der Waals surface area contributed by atoms with Crippen LogP contribution in [0, 0.1) is 0 Å². The summed E-state index contributed by atoms with van der Waals surface area (Å²) in [6.07, 6.45) is 0.467. The maximum absolute atomic E-state index is 11.4. The number of rotatable bonds is 1. The Bertz CT molecular complexity index is 225. The van der Waals surface area contributed by atoms with Gasteiger partial charge in [-0.15, -0.1) is 0 Å². The number of carbonyl (C=O) groups is 1. The van der Waals surface area contributed by atoms with Crippen LogP contribution < -0.4 is 0 Å². The lowest BCUT2D eigenvalue weighted by atomic mass is 10.2. The molecule has 80 valence electrons. The molecule has 5 heteroatoms. The Hall–Kier alpha value is -0.810. The zero-order valence-electron chi connectivity index (χ0n) is 8.32. The van der Waals surface area contributed by atoms with Crippen LogP contribution in [0.25, 0.3) is 0 Å². The molecule has 1 amide bonds. The van der Waals surface area contributed by atoms with E-state index >= 15 is 0 Å². The summed E-state index contributed by atoms with van der Waals surface area (Å²) in [5, 5.41) is 0. The van der Waals surface area contributed by atoms with Crippen molar-refractivity contribution < 1.29 is 19.0 Å². The van der Waals surface area contributed by atoms with Gasteiger partial charge in [-0.25, -0.2) is 4.79 Å². The number of carbonyl (C=O) groups excluding carboxylic acids is 1. The number of hydrogen-bond donors (Lipinski definition) is 0. The topological polar surface area (TPSA) is 48.0 Å². The molecule has 0 aromatic carbocycles. The van der Waals surface area contributed by atoms with E-state index in [0.29, 0.717) is 32.9 Å². The van der Waals surface area contributed by atoms with Crippen LogP contribution in [0.3, 0.4) is 0 Å². The van der Waals surface area contributed by atoms with Gasteiger partial charge in [-0.3, -0.25) is 0 Å². The minimum atomic E-state index is -0.535. The van der Waals surface area contributed by atoms with Crippen LogP contribution in [0.15, 0.2) is 0 Å². The van der Waals surface area contributed by atoms with Crippen molar-refractivity contribution in [3.05, 3.63) is 0 Å². The molecule has 0 bridgehead atoms. The highest BCUT2D eigenvalue weighted by Crippen LogP contribution is 2.30. The molecule has 14 heavy (non-hydrogen) atoms. The second-order valence-electron chi connectivity index (χ2n) is 3.48. The summed E-state index contributed by atoms with van der Waals surface area (Å²) in [7, 11) is 0. The van der Waals surface area contributed by atoms with Crippen LogP contribution >= 0.6 is 0 Å². The molecule has 0 aromatic rings. The first-order valence-electron chi connectivity index (χ1n) is 4.95. The minimum Gasteiger partial charge on any atom is -0.450 e. The Morgan fingerprint density at radius 1 is 1.50 bits per heavy atom. The molecule has 2 saturated heterocycles. The summed E-state index contributed by atoms with van der Waals surface area (Å²) >= 11 is 0. The van der Waals surface area contributed by atoms with Crippen LogP contribution in [0.4, 0.5) is 4.79 Å². The van der Waals surface area contributed by atoms with Gasteiger partial charge in [0.1, 0.15) is 0 Å². The SMILES string of the molecule is CCOC(=O)N1CCC2(C1)OCCO2. The number of likely N-dealkylation sites (tertiary alicyclic amines) is 1. The fourth-order valence-corrected chi connectivity index (χ4v) is 1.86. The van der Waals surface area contributed by atoms with Gasteiger partial charge in [-0.1, -0.05) is 0 Å². The zero-order chi connectivity index (χ0) is 10.0. The minimum absolute atomic E-state index is 0.275. The number of hydrogen-bond acceptors (Lipinski definition) is 4. The van der Waals surface area contributed by atoms with E-state index in [1.54, 1.807) is 11.8 Å². The second kappa shape index (κ2) is 3.74. The van der Waals surface area contributed by atoms with Crippen LogP contribution in [0.5, 0.6) is 0 Å². The predicted molar refractivity (Wildman–Crippen MR) is 47.8 cm³/mol. The molecule has 5 nitrogen and oxygen atoms in total. The van der Waals surface area contributed by atoms with Crippen molar-refractivity contribution >= 4 is 6.09 Å². The molecule has 0 atom stereocenters. The number of amides is 1. The van der Waals surface area contributed by atoms with E-state index in [-0.39, 0.29) is 6.09 Å². The van der Waals surface area contributed by atoms with E-state index in [9.17, 15) is 4.79 Å². The highest BCUT2D eigenvalue weighted by atomic mass is 16.7. The van der Waals surface area contributed by atoms with Crippen molar-refractivity contribution in [2.24, 2.45) is 0 Å². The third-order valence-electron chi connectivity index (χ3n) is 2.53. The quantitative estimate of drug-likeness (QED) is 0.623. The van der Waals surface area contributed by atoms with E-state index in [2.05, 4.69) is 0 Å². The van der Waals surface area contributed by atoms with Crippen molar-refractivity contribution in [2.75, 3.05) is 32.9 Å². The van der Waals surface area contributed by atoms with Gasteiger partial charge in [0, 0.05) is 13.0 Å². The first-order valence-corrected chi connectivity index (χ1v) is 4.95. The molecule has 0 aromatic heterocycles. The lowest BCUT2D eigenvalue weighted by Gasteiger charge is -2.21. The van der Waals surface area contributed by atoms with Crippen LogP contribution in [-0.2, 0) is 14.2 Å². The molecule has 2 rings (SSSR count). The lowest BCUT2D eigenvalue weighted by Crippen LogP contribution is -2.37. The number of nitrogens with zero attached hydrogens (tertiary/aromatic N) is 1. The molecule has 2 heterocycles. The van der Waals surface area contributed by atoms with Crippen molar-refractivity contribution in [1.29, 1.82) is 0 Å². The van der Waals surface area contributed by atoms with E-state index < -0.39 is 5.79 Å². The van der Waals surface area contributed by atoms with Crippen LogP contribution in [0.2, 0.25) is 0 Å². The third kappa shape index (κ3) is 1.69. The van der Waals surface area contributed by atoms with Gasteiger partial charge < -0.3 is 19.1 Å². The molecule has 2 aliphatic heterocycles. The van der Waals surface area contributed by atoms with Gasteiger partial charge in [0.05, 0.1) is 26.4 Å². The Labute approximate surface area is 82.9 Å². The maximum Gasteiger partial charge on any atom is 0.409 e. The van der Waals surface area contributed by atoms with Crippen molar-refractivity contribution in [1.82, 2.24) is 4.90 Å². The highest BCUT2D eigenvalue weighted by Gasteiger charge is 2.45. The fraction of sp³-hybridized carbons (Fsp3) is 0.889. The first-order chi connectivity index (χ1) is 6.76. The van der Waals surface area contributed by atoms with Gasteiger partial charge in [0.15, 0.2) is 5.79 Å². The molecule has 2 aliphatic rings. The summed E-state index contributed by atoms with van der Waals surface area (Å²) in [5.41, 5.74) is 0. The Kier molecular flexibility index (Phi) is 2.60. The maximum atomic E-state index is 11.4. The molecule has 0 aliphatic carbocycles. The summed E-state index contributed by atoms with van der Waals surface area (Å²) < 4.78 is 15.9. The summed E-state index contributed by atoms with van der Waals surface area (Å²) in [5.74, 6) is -0.535. The van der Waals surface area contributed by atoms with E-state index in [0.717, 1.165) is 6.42 Å². The average molecular weight is 201 g/mol. The summed E-state index contributed by atoms with van der Waals surface area (Å²) in [6.45, 7) is 4.59. The van der Waals surface area contributed by atoms with E-state index in [1.165, 1.54) is 0 Å². The van der Waals surface area contributed by atoms with Gasteiger partial charge >= 0.3 is 6.09 Å². The molecule has 0 radical (unpaired) electrons. The lowest BCUT2D eigenvalue weighted by molar-refractivity contribution is -0.144. The second-order valence-corrected chi connectivity index (χ2v) is 3.48. The Morgan fingerprint density at radius 3 is 2.86 bits per heavy atom. The van der Waals surface area contributed by atoms with Gasteiger partial charge in [0.25, 0.3) is 0 Å². The molecule has 0 N–H and O–H groups in total. The Balaban J connectivity index is 1.90. The van der Waals surface area contributed by atoms with Crippen LogP contribution in [0.1, 0.15) is 13.3 Å². The van der Waals surface area contributed by atoms with E-state index in [1.807, 2.05) is 0 Å². The zero-order valence-corrected chi connectivity index (χ0v) is 8.32. The fourth-order valence-electron chi connectivity index (χ4n) is 1.86. The average Bonchev–Trinajstić information content (AvgIpc) is 2.78. The number of ether oxygens (including phenoxy) is 3. The predicted octanol–water partition coefficient (Wildman–Crippen LogP) is 0.592. The third-order valence-corrected chi connectivity index (χ3v) is 2.53. The van der Waals surface area contributed by atoms with Crippen LogP contribution in [-0.4, -0.2) is 49.7 Å². The molecule has 0 saturated carbocycles. The standard InChI is InChI=1S/C9H15NO4/c1-2-12-8(11)10-4-3-9(7-10)13-5-6-14-9/h2-7H2,1H3. The van der Waals surface area contributed by atoms with E-state index in [4.69, 9.17) is 14.2 Å². The van der Waals surface area contributed by atoms with Gasteiger partial charge in [-0.2, -0.15) is 0 Å². The van der Waals surface area contributed by atoms with Gasteiger partial charge in [-0.05, 0) is 6.92 Å². The largest absolute Gasteiger partial charge is 0.450 e. The molecule has 1 spiro atoms. The highest BCUT2D eigenvalue weighted by molar-refractivity contribution is 5.68. The van der Waals surface area contributed by atoms with Gasteiger partial charge in [0.2, 0.25) is 0 Å². The molecule has 0 unspecified atom stereocenters. The van der Waals surface area contributed by atoms with Crippen molar-refractivity contribution in [3.8, 4) is 0 Å². The van der Waals surface area contributed by atoms with Crippen molar-refractivity contribution in [2.45, 2.75) is 19.1 Å². The molecule has 2 fully saturated rings. The summed E-state index contributed by atoms with van der Waals surface area (Å²) in [6, 6.07) is 0. The molecular weight excluding hydrogens is 186 g/mol.